The summed E-state index contributed by atoms with van der Waals surface area (Å²) in [5.41, 5.74) is 1.57. The number of ether oxygens (including phenoxy) is 1. The van der Waals surface area contributed by atoms with Crippen molar-refractivity contribution in [3.63, 3.8) is 0 Å². The van der Waals surface area contributed by atoms with Gasteiger partial charge in [-0.25, -0.2) is 4.79 Å². The normalized spacial score (nSPS) is 22.9. The van der Waals surface area contributed by atoms with Crippen LogP contribution in [0, 0.1) is 0 Å². The second kappa shape index (κ2) is 6.06. The molecule has 1 aliphatic carbocycles. The minimum absolute atomic E-state index is 0.351. The van der Waals surface area contributed by atoms with Crippen molar-refractivity contribution in [2.24, 2.45) is 0 Å². The quantitative estimate of drug-likeness (QED) is 0.849. The van der Waals surface area contributed by atoms with Crippen LogP contribution in [0.4, 0.5) is 5.69 Å². The van der Waals surface area contributed by atoms with Crippen LogP contribution in [0.5, 0.6) is 0 Å². The maximum Gasteiger partial charge on any atom is 0.338 e. The molecule has 1 saturated carbocycles. The van der Waals surface area contributed by atoms with Gasteiger partial charge in [-0.1, -0.05) is 6.42 Å². The van der Waals surface area contributed by atoms with Gasteiger partial charge in [-0.2, -0.15) is 0 Å². The second-order valence-electron chi connectivity index (χ2n) is 5.24. The molecule has 4 nitrogen and oxygen atoms in total. The summed E-state index contributed by atoms with van der Waals surface area (Å²) in [7, 11) is 3.90. The molecule has 1 N–H and O–H groups in total. The molecule has 1 aliphatic rings. The molecule has 0 radical (unpaired) electrons. The zero-order valence-corrected chi connectivity index (χ0v) is 11.5. The number of rotatable bonds is 3. The first-order valence-corrected chi connectivity index (χ1v) is 6.74. The Bertz CT molecular complexity index is 428. The Balaban J connectivity index is 1.99. The first-order valence-electron chi connectivity index (χ1n) is 6.74. The van der Waals surface area contributed by atoms with Crippen LogP contribution in [0.1, 0.15) is 36.0 Å². The molecular weight excluding hydrogens is 242 g/mol. The van der Waals surface area contributed by atoms with E-state index in [-0.39, 0.29) is 12.1 Å². The third-order valence-corrected chi connectivity index (χ3v) is 3.55. The van der Waals surface area contributed by atoms with Gasteiger partial charge in [-0.3, -0.25) is 0 Å². The lowest BCUT2D eigenvalue weighted by atomic mass is 9.95. The van der Waals surface area contributed by atoms with E-state index in [9.17, 15) is 9.90 Å². The number of esters is 1. The predicted molar refractivity (Wildman–Crippen MR) is 74.4 cm³/mol. The van der Waals surface area contributed by atoms with Crippen LogP contribution >= 0.6 is 0 Å². The Hall–Kier alpha value is -1.55. The second-order valence-corrected chi connectivity index (χ2v) is 5.24. The Morgan fingerprint density at radius 3 is 2.42 bits per heavy atom. The van der Waals surface area contributed by atoms with Crippen molar-refractivity contribution in [1.82, 2.24) is 0 Å². The van der Waals surface area contributed by atoms with E-state index >= 15 is 0 Å². The molecule has 4 heteroatoms. The van der Waals surface area contributed by atoms with Crippen LogP contribution in [-0.2, 0) is 4.74 Å². The molecule has 0 heterocycles. The topological polar surface area (TPSA) is 49.8 Å². The van der Waals surface area contributed by atoms with Gasteiger partial charge in [0.15, 0.2) is 0 Å². The van der Waals surface area contributed by atoms with Gasteiger partial charge in [-0.15, -0.1) is 0 Å². The number of benzene rings is 1. The monoisotopic (exact) mass is 263 g/mol. The van der Waals surface area contributed by atoms with Crippen LogP contribution in [0.3, 0.4) is 0 Å². The highest BCUT2D eigenvalue weighted by Crippen LogP contribution is 2.22. The molecule has 0 amide bonds. The lowest BCUT2D eigenvalue weighted by Gasteiger charge is -2.27. The van der Waals surface area contributed by atoms with E-state index in [0.717, 1.165) is 31.4 Å². The van der Waals surface area contributed by atoms with Crippen LogP contribution in [-0.4, -0.2) is 37.4 Å². The van der Waals surface area contributed by atoms with Gasteiger partial charge in [-0.05, 0) is 43.5 Å². The summed E-state index contributed by atoms with van der Waals surface area (Å²) in [4.78, 5) is 14.0. The average Bonchev–Trinajstić information content (AvgIpc) is 2.41. The van der Waals surface area contributed by atoms with Gasteiger partial charge in [0.05, 0.1) is 11.7 Å². The fraction of sp³-hybridized carbons (Fsp3) is 0.533. The van der Waals surface area contributed by atoms with Crippen molar-refractivity contribution in [1.29, 1.82) is 0 Å². The van der Waals surface area contributed by atoms with Gasteiger partial charge in [0.2, 0.25) is 0 Å². The smallest absolute Gasteiger partial charge is 0.338 e. The molecule has 0 unspecified atom stereocenters. The number of hydrogen-bond donors (Lipinski definition) is 1. The zero-order valence-electron chi connectivity index (χ0n) is 11.5. The van der Waals surface area contributed by atoms with Crippen molar-refractivity contribution in [3.05, 3.63) is 29.8 Å². The van der Waals surface area contributed by atoms with E-state index in [1.165, 1.54) is 0 Å². The van der Waals surface area contributed by atoms with Gasteiger partial charge < -0.3 is 14.7 Å². The van der Waals surface area contributed by atoms with Gasteiger partial charge in [0.25, 0.3) is 0 Å². The molecule has 0 aromatic heterocycles. The molecule has 0 spiro atoms. The summed E-state index contributed by atoms with van der Waals surface area (Å²) < 4.78 is 5.39. The highest BCUT2D eigenvalue weighted by molar-refractivity contribution is 5.90. The molecular formula is C15H21NO3. The van der Waals surface area contributed by atoms with Crippen molar-refractivity contribution < 1.29 is 14.6 Å². The molecule has 104 valence electrons. The van der Waals surface area contributed by atoms with E-state index < -0.39 is 6.10 Å². The van der Waals surface area contributed by atoms with Crippen molar-refractivity contribution in [2.45, 2.75) is 37.9 Å². The van der Waals surface area contributed by atoms with Gasteiger partial charge in [0, 0.05) is 19.8 Å². The highest BCUT2D eigenvalue weighted by atomic mass is 16.6. The number of aliphatic hydroxyl groups is 1. The third-order valence-electron chi connectivity index (χ3n) is 3.55. The summed E-state index contributed by atoms with van der Waals surface area (Å²) >= 11 is 0. The zero-order chi connectivity index (χ0) is 13.8. The lowest BCUT2D eigenvalue weighted by Crippen LogP contribution is -2.34. The van der Waals surface area contributed by atoms with Gasteiger partial charge >= 0.3 is 5.97 Å². The van der Waals surface area contributed by atoms with Crippen molar-refractivity contribution in [3.8, 4) is 0 Å². The SMILES string of the molecule is CN(C)c1ccc(C(=O)O[C@H]2CCCC[C@H]2O)cc1. The van der Waals surface area contributed by atoms with Crippen molar-refractivity contribution >= 4 is 11.7 Å². The molecule has 0 aliphatic heterocycles. The van der Waals surface area contributed by atoms with E-state index in [4.69, 9.17) is 4.74 Å². The van der Waals surface area contributed by atoms with Crippen molar-refractivity contribution in [2.75, 3.05) is 19.0 Å². The molecule has 1 aromatic carbocycles. The first kappa shape index (κ1) is 13.9. The van der Waals surface area contributed by atoms with E-state index in [2.05, 4.69) is 0 Å². The maximum atomic E-state index is 12.0. The maximum absolute atomic E-state index is 12.0. The Kier molecular flexibility index (Phi) is 4.43. The largest absolute Gasteiger partial charge is 0.456 e. The number of hydrogen-bond acceptors (Lipinski definition) is 4. The number of carbonyl (C=O) groups excluding carboxylic acids is 1. The molecule has 0 bridgehead atoms. The number of carbonyl (C=O) groups is 1. The Morgan fingerprint density at radius 1 is 1.21 bits per heavy atom. The van der Waals surface area contributed by atoms with Crippen LogP contribution in [0.2, 0.25) is 0 Å². The lowest BCUT2D eigenvalue weighted by molar-refractivity contribution is -0.0360. The summed E-state index contributed by atoms with van der Waals surface area (Å²) in [6.07, 6.45) is 2.62. The standard InChI is InChI=1S/C15H21NO3/c1-16(2)12-9-7-11(8-10-12)15(18)19-14-6-4-3-5-13(14)17/h7-10,13-14,17H,3-6H2,1-2H3/t13-,14+/m1/s1. The summed E-state index contributed by atoms with van der Waals surface area (Å²) in [6, 6.07) is 7.28. The summed E-state index contributed by atoms with van der Waals surface area (Å²) in [5, 5.41) is 9.80. The minimum atomic E-state index is -0.515. The Morgan fingerprint density at radius 2 is 1.84 bits per heavy atom. The van der Waals surface area contributed by atoms with Gasteiger partial charge in [0.1, 0.15) is 6.10 Å². The molecule has 19 heavy (non-hydrogen) atoms. The highest BCUT2D eigenvalue weighted by Gasteiger charge is 2.26. The van der Waals surface area contributed by atoms with E-state index in [1.54, 1.807) is 12.1 Å². The number of aliphatic hydroxyl groups excluding tert-OH is 1. The first-order chi connectivity index (χ1) is 9.08. The van der Waals surface area contributed by atoms with E-state index in [0.29, 0.717) is 5.56 Å². The molecule has 2 rings (SSSR count). The molecule has 0 saturated heterocycles. The van der Waals surface area contributed by atoms with Crippen LogP contribution < -0.4 is 4.90 Å². The predicted octanol–water partition coefficient (Wildman–Crippen LogP) is 2.21. The number of anilines is 1. The number of nitrogens with zero attached hydrogens (tertiary/aromatic N) is 1. The fourth-order valence-electron chi connectivity index (χ4n) is 2.32. The minimum Gasteiger partial charge on any atom is -0.456 e. The summed E-state index contributed by atoms with van der Waals surface area (Å²) in [5.74, 6) is -0.351. The van der Waals surface area contributed by atoms with E-state index in [1.807, 2.05) is 31.1 Å². The fourth-order valence-corrected chi connectivity index (χ4v) is 2.32. The molecule has 2 atom stereocenters. The third kappa shape index (κ3) is 3.47. The average molecular weight is 263 g/mol. The molecule has 1 fully saturated rings. The summed E-state index contributed by atoms with van der Waals surface area (Å²) in [6.45, 7) is 0. The molecule has 1 aromatic rings. The Labute approximate surface area is 114 Å². The van der Waals surface area contributed by atoms with Crippen LogP contribution in [0.15, 0.2) is 24.3 Å². The van der Waals surface area contributed by atoms with Crippen LogP contribution in [0.25, 0.3) is 0 Å².